The van der Waals surface area contributed by atoms with Crippen molar-refractivity contribution in [3.8, 4) is 22.3 Å². The van der Waals surface area contributed by atoms with Gasteiger partial charge in [-0.2, -0.15) is 74.3 Å². The number of anilines is 6. The molecule has 10 aromatic rings. The second-order valence-corrected chi connectivity index (χ2v) is 27.2. The number of pyridine rings is 2. The molecule has 0 amide bonds. The van der Waals surface area contributed by atoms with Crippen molar-refractivity contribution in [2.24, 2.45) is 0 Å². The van der Waals surface area contributed by atoms with Gasteiger partial charge in [-0.1, -0.05) is 168 Å². The van der Waals surface area contributed by atoms with Gasteiger partial charge in [-0.25, -0.2) is 9.97 Å². The molecule has 4 aliphatic rings. The summed E-state index contributed by atoms with van der Waals surface area (Å²) in [4.78, 5) is 17.9. The first-order valence-corrected chi connectivity index (χ1v) is 29.2. The fourth-order valence-electron chi connectivity index (χ4n) is 13.1. The van der Waals surface area contributed by atoms with Crippen LogP contribution in [-0.2, 0) is 74.6 Å². The van der Waals surface area contributed by atoms with Crippen molar-refractivity contribution >= 4 is 34.4 Å². The molecule has 0 saturated carbocycles. The van der Waals surface area contributed by atoms with E-state index in [0.717, 1.165) is 56.9 Å². The van der Waals surface area contributed by atoms with Gasteiger partial charge < -0.3 is 40.0 Å². The van der Waals surface area contributed by atoms with Crippen molar-refractivity contribution in [3.05, 3.63) is 263 Å². The number of aromatic nitrogens is 6. The minimum Gasteiger partial charge on any atom is -0.581 e. The van der Waals surface area contributed by atoms with Crippen LogP contribution in [0.4, 0.5) is 34.4 Å². The maximum Gasteiger partial charge on any atom is 0.124 e. The van der Waals surface area contributed by atoms with E-state index in [9.17, 15) is 0 Å². The number of hydrogen-bond donors (Lipinski definition) is 0. The molecular weight excluding hydrogens is 1420 g/mol. The van der Waals surface area contributed by atoms with Crippen LogP contribution in [0.3, 0.4) is 0 Å². The van der Waals surface area contributed by atoms with Gasteiger partial charge in [0.15, 0.2) is 0 Å². The van der Waals surface area contributed by atoms with Gasteiger partial charge in [0.1, 0.15) is 11.6 Å². The van der Waals surface area contributed by atoms with E-state index in [-0.39, 0.29) is 63.8 Å². The molecule has 10 nitrogen and oxygen atoms in total. The zero-order chi connectivity index (χ0) is 58.9. The monoisotopic (exact) mass is 1490 g/mol. The molecule has 2 aliphatic carbocycles. The smallest absolute Gasteiger partial charge is 0.124 e. The fraction of sp³-hybridized carbons (Fsp3) is 0.270. The van der Waals surface area contributed by atoms with E-state index < -0.39 is 10.8 Å². The molecule has 0 unspecified atom stereocenters. The SMILES string of the molecule is CN1[CH-]N(c2[c-]c(C3(c4cc[n-]n4)c4cc(C(C)(C)C)ccc4-c4ccc(C(C)(C)C)cc43)ccc2)c2ncccc21.CN1[CH-]N(c2[c-]c(C3(c4cc[n-]n4)c4cc(C(C)(C)C)ccc4-c4ccc(C(C)(C)C)cc43)ccc2)c2ncccc21.[Pt].[Pt]. The van der Waals surface area contributed by atoms with Gasteiger partial charge in [0.05, 0.1) is 10.8 Å². The number of hydrogen-bond acceptors (Lipinski definition) is 8. The Balaban J connectivity index is 0.000000175. The van der Waals surface area contributed by atoms with E-state index >= 15 is 0 Å². The van der Waals surface area contributed by atoms with Gasteiger partial charge in [0.2, 0.25) is 0 Å². The average molecular weight is 1490 g/mol. The molecule has 2 aliphatic heterocycles. The first-order chi connectivity index (χ1) is 40.0. The fourth-order valence-corrected chi connectivity index (χ4v) is 13.1. The Labute approximate surface area is 537 Å². The van der Waals surface area contributed by atoms with Crippen LogP contribution in [0.5, 0.6) is 0 Å². The van der Waals surface area contributed by atoms with E-state index in [1.807, 2.05) is 36.9 Å². The predicted octanol–water partition coefficient (Wildman–Crippen LogP) is 15.8. The Hall–Kier alpha value is -7.38. The second kappa shape index (κ2) is 21.8. The van der Waals surface area contributed by atoms with Crippen LogP contribution in [0.1, 0.15) is 150 Å². The van der Waals surface area contributed by atoms with Crippen molar-refractivity contribution in [1.82, 2.24) is 30.4 Å². The summed E-state index contributed by atoms with van der Waals surface area (Å²) in [5, 5.41) is 18.3. The molecule has 0 N–H and O–H groups in total. The quantitative estimate of drug-likeness (QED) is 0.150. The summed E-state index contributed by atoms with van der Waals surface area (Å²) in [6.45, 7) is 31.4. The Kier molecular flexibility index (Phi) is 15.3. The van der Waals surface area contributed by atoms with Gasteiger partial charge >= 0.3 is 0 Å². The van der Waals surface area contributed by atoms with Gasteiger partial charge in [-0.3, -0.25) is 0 Å². The molecular formula is C74H72N10Pt2-6. The van der Waals surface area contributed by atoms with Crippen LogP contribution in [0.25, 0.3) is 22.3 Å². The molecule has 4 aromatic heterocycles. The topological polar surface area (TPSA) is 92.7 Å². The van der Waals surface area contributed by atoms with Crippen molar-refractivity contribution in [2.75, 3.05) is 33.7 Å². The molecule has 0 saturated heterocycles. The van der Waals surface area contributed by atoms with E-state index in [4.69, 9.17) is 20.2 Å². The number of benzene rings is 6. The second-order valence-electron chi connectivity index (χ2n) is 27.2. The first kappa shape index (κ1) is 60.3. The van der Waals surface area contributed by atoms with Crippen molar-refractivity contribution in [1.29, 1.82) is 0 Å². The number of nitrogens with zero attached hydrogens (tertiary/aromatic N) is 10. The van der Waals surface area contributed by atoms with Gasteiger partial charge in [-0.15, -0.1) is 22.5 Å². The Morgan fingerprint density at radius 1 is 0.407 bits per heavy atom. The molecule has 6 heterocycles. The van der Waals surface area contributed by atoms with Crippen LogP contribution in [0.15, 0.2) is 170 Å². The minimum absolute atomic E-state index is 0. The predicted molar refractivity (Wildman–Crippen MR) is 340 cm³/mol. The molecule has 0 radical (unpaired) electrons. The Morgan fingerprint density at radius 3 is 1.02 bits per heavy atom. The molecule has 12 heteroatoms. The zero-order valence-electron chi connectivity index (χ0n) is 51.4. The van der Waals surface area contributed by atoms with E-state index in [0.29, 0.717) is 0 Å². The minimum atomic E-state index is -0.682. The third-order valence-electron chi connectivity index (χ3n) is 17.6. The van der Waals surface area contributed by atoms with Crippen LogP contribution in [-0.4, -0.2) is 34.3 Å². The van der Waals surface area contributed by atoms with Crippen LogP contribution >= 0.6 is 0 Å². The van der Waals surface area contributed by atoms with Crippen LogP contribution in [0, 0.1) is 25.5 Å². The van der Waals surface area contributed by atoms with Gasteiger partial charge in [0, 0.05) is 77.3 Å². The van der Waals surface area contributed by atoms with Crippen LogP contribution in [0.2, 0.25) is 0 Å². The van der Waals surface area contributed by atoms with Crippen molar-refractivity contribution in [2.45, 2.75) is 116 Å². The summed E-state index contributed by atoms with van der Waals surface area (Å²) < 4.78 is 0. The largest absolute Gasteiger partial charge is 0.581 e. The summed E-state index contributed by atoms with van der Waals surface area (Å²) >= 11 is 0. The number of rotatable bonds is 6. The molecule has 86 heavy (non-hydrogen) atoms. The van der Waals surface area contributed by atoms with Crippen molar-refractivity contribution in [3.63, 3.8) is 0 Å². The molecule has 0 fully saturated rings. The Bertz CT molecular complexity index is 3760. The third kappa shape index (κ3) is 9.69. The third-order valence-corrected chi connectivity index (χ3v) is 17.6. The van der Waals surface area contributed by atoms with Crippen LogP contribution < -0.4 is 29.8 Å². The first-order valence-electron chi connectivity index (χ1n) is 29.2. The molecule has 0 bridgehead atoms. The van der Waals surface area contributed by atoms with E-state index in [2.05, 4.69) is 286 Å². The normalized spacial score (nSPS) is 15.1. The standard InChI is InChI=1S/2C37H36N5.2Pt/c2*1-35(2,3)24-13-15-28-29-16-14-25(36(4,5)6)22-31(29)37(30(28)21-24,33-17-19-39-40-33)26-10-8-11-27(20-26)42-23-41(7)32-12-9-18-38-34(32)42;;/h2*8-19,21-23H,1-7H3;;/q2*-3;;. The zero-order valence-corrected chi connectivity index (χ0v) is 56.0. The summed E-state index contributed by atoms with van der Waals surface area (Å²) in [5.74, 6) is 1.79. The average Bonchev–Trinajstić information content (AvgIpc) is 1.56. The molecule has 6 aromatic carbocycles. The summed E-state index contributed by atoms with van der Waals surface area (Å²) in [6, 6.07) is 60.8. The summed E-state index contributed by atoms with van der Waals surface area (Å²) in [7, 11) is 4.11. The molecule has 444 valence electrons. The molecule has 0 atom stereocenters. The van der Waals surface area contributed by atoms with Gasteiger partial charge in [-0.05, 0) is 127 Å². The maximum atomic E-state index is 4.79. The van der Waals surface area contributed by atoms with E-state index in [1.54, 1.807) is 0 Å². The summed E-state index contributed by atoms with van der Waals surface area (Å²) in [5.41, 5.74) is 21.5. The Morgan fingerprint density at radius 2 is 0.733 bits per heavy atom. The van der Waals surface area contributed by atoms with E-state index in [1.165, 1.54) is 66.8 Å². The maximum absolute atomic E-state index is 4.79. The van der Waals surface area contributed by atoms with Gasteiger partial charge in [0.25, 0.3) is 0 Å². The molecule has 0 spiro atoms. The van der Waals surface area contributed by atoms with Crippen molar-refractivity contribution < 1.29 is 42.1 Å². The summed E-state index contributed by atoms with van der Waals surface area (Å²) in [6.07, 6.45) is 7.30. The molecule has 14 rings (SSSR count). The number of fused-ring (bicyclic) bond motifs is 8.